The lowest BCUT2D eigenvalue weighted by Crippen LogP contribution is -2.49. The molecule has 5 nitrogen and oxygen atoms in total. The maximum absolute atomic E-state index is 11.6. The number of carbonyl (C=O) groups excluding carboxylic acids is 2. The number of hydrogen-bond donors (Lipinski definition) is 2. The SMILES string of the molecule is C=CCNC(=O)CN1CC(C(N)=O)CCC1C. The lowest BCUT2D eigenvalue weighted by Gasteiger charge is -2.36. The van der Waals surface area contributed by atoms with Gasteiger partial charge in [-0.25, -0.2) is 0 Å². The highest BCUT2D eigenvalue weighted by molar-refractivity contribution is 5.79. The summed E-state index contributed by atoms with van der Waals surface area (Å²) in [5.41, 5.74) is 5.31. The van der Waals surface area contributed by atoms with Crippen molar-refractivity contribution in [3.63, 3.8) is 0 Å². The molecule has 0 spiro atoms. The number of carbonyl (C=O) groups is 2. The molecule has 1 heterocycles. The fourth-order valence-electron chi connectivity index (χ4n) is 2.06. The molecular formula is C12H21N3O2. The molecule has 0 radical (unpaired) electrons. The number of rotatable bonds is 5. The minimum absolute atomic E-state index is 0.0399. The van der Waals surface area contributed by atoms with E-state index in [0.29, 0.717) is 25.7 Å². The second-order valence-corrected chi connectivity index (χ2v) is 4.55. The van der Waals surface area contributed by atoms with Crippen LogP contribution in [0.25, 0.3) is 0 Å². The second kappa shape index (κ2) is 6.39. The first-order valence-electron chi connectivity index (χ1n) is 5.95. The summed E-state index contributed by atoms with van der Waals surface area (Å²) in [4.78, 5) is 24.7. The van der Waals surface area contributed by atoms with Crippen LogP contribution in [0.1, 0.15) is 19.8 Å². The van der Waals surface area contributed by atoms with E-state index in [2.05, 4.69) is 18.8 Å². The summed E-state index contributed by atoms with van der Waals surface area (Å²) >= 11 is 0. The number of amides is 2. The smallest absolute Gasteiger partial charge is 0.234 e. The van der Waals surface area contributed by atoms with Crippen molar-refractivity contribution in [3.05, 3.63) is 12.7 Å². The molecule has 1 fully saturated rings. The van der Waals surface area contributed by atoms with Crippen molar-refractivity contribution in [1.82, 2.24) is 10.2 Å². The fraction of sp³-hybridized carbons (Fsp3) is 0.667. The van der Waals surface area contributed by atoms with E-state index in [-0.39, 0.29) is 17.7 Å². The van der Waals surface area contributed by atoms with Gasteiger partial charge in [0.15, 0.2) is 0 Å². The minimum Gasteiger partial charge on any atom is -0.369 e. The van der Waals surface area contributed by atoms with Crippen LogP contribution < -0.4 is 11.1 Å². The molecule has 0 aromatic heterocycles. The molecule has 5 heteroatoms. The standard InChI is InChI=1S/C12H21N3O2/c1-3-6-14-11(16)8-15-7-10(12(13)17)5-4-9(15)2/h3,9-10H,1,4-8H2,2H3,(H2,13,17)(H,14,16). The average molecular weight is 239 g/mol. The molecule has 2 atom stereocenters. The Morgan fingerprint density at radius 3 is 2.82 bits per heavy atom. The van der Waals surface area contributed by atoms with Crippen LogP contribution in [-0.4, -0.2) is 42.4 Å². The third kappa shape index (κ3) is 4.19. The second-order valence-electron chi connectivity index (χ2n) is 4.55. The predicted octanol–water partition coefficient (Wildman–Crippen LogP) is -0.126. The molecule has 1 aliphatic heterocycles. The van der Waals surface area contributed by atoms with Crippen LogP contribution in [0.4, 0.5) is 0 Å². The first-order valence-corrected chi connectivity index (χ1v) is 5.95. The van der Waals surface area contributed by atoms with Gasteiger partial charge in [-0.2, -0.15) is 0 Å². The monoisotopic (exact) mass is 239 g/mol. The number of nitrogens with zero attached hydrogens (tertiary/aromatic N) is 1. The summed E-state index contributed by atoms with van der Waals surface area (Å²) < 4.78 is 0. The van der Waals surface area contributed by atoms with Gasteiger partial charge in [0.2, 0.25) is 11.8 Å². The zero-order valence-electron chi connectivity index (χ0n) is 10.3. The van der Waals surface area contributed by atoms with Crippen LogP contribution in [0.5, 0.6) is 0 Å². The molecule has 0 aliphatic carbocycles. The van der Waals surface area contributed by atoms with E-state index in [9.17, 15) is 9.59 Å². The maximum atomic E-state index is 11.6. The van der Waals surface area contributed by atoms with E-state index in [1.165, 1.54) is 0 Å². The minimum atomic E-state index is -0.270. The predicted molar refractivity (Wildman–Crippen MR) is 66.2 cm³/mol. The van der Waals surface area contributed by atoms with Crippen molar-refractivity contribution >= 4 is 11.8 Å². The zero-order chi connectivity index (χ0) is 12.8. The molecule has 17 heavy (non-hydrogen) atoms. The van der Waals surface area contributed by atoms with Crippen LogP contribution in [0.3, 0.4) is 0 Å². The van der Waals surface area contributed by atoms with Crippen molar-refractivity contribution in [2.24, 2.45) is 11.7 Å². The van der Waals surface area contributed by atoms with Crippen LogP contribution in [-0.2, 0) is 9.59 Å². The van der Waals surface area contributed by atoms with Gasteiger partial charge in [-0.05, 0) is 19.8 Å². The fourth-order valence-corrected chi connectivity index (χ4v) is 2.06. The Balaban J connectivity index is 2.46. The molecular weight excluding hydrogens is 218 g/mol. The van der Waals surface area contributed by atoms with Gasteiger partial charge in [-0.1, -0.05) is 6.08 Å². The molecule has 0 aromatic rings. The Morgan fingerprint density at radius 1 is 1.53 bits per heavy atom. The molecule has 0 bridgehead atoms. The summed E-state index contributed by atoms with van der Waals surface area (Å²) in [5, 5.41) is 2.73. The van der Waals surface area contributed by atoms with Gasteiger partial charge in [0.05, 0.1) is 12.5 Å². The topological polar surface area (TPSA) is 75.4 Å². The lowest BCUT2D eigenvalue weighted by molar-refractivity contribution is -0.127. The number of piperidine rings is 1. The zero-order valence-corrected chi connectivity index (χ0v) is 10.3. The van der Waals surface area contributed by atoms with Gasteiger partial charge in [0.1, 0.15) is 0 Å². The van der Waals surface area contributed by atoms with E-state index >= 15 is 0 Å². The lowest BCUT2D eigenvalue weighted by atomic mass is 9.93. The number of hydrogen-bond acceptors (Lipinski definition) is 3. The molecule has 96 valence electrons. The van der Waals surface area contributed by atoms with E-state index in [1.807, 2.05) is 4.90 Å². The third-order valence-electron chi connectivity index (χ3n) is 3.20. The third-order valence-corrected chi connectivity index (χ3v) is 3.20. The van der Waals surface area contributed by atoms with Crippen molar-refractivity contribution < 1.29 is 9.59 Å². The Morgan fingerprint density at radius 2 is 2.24 bits per heavy atom. The largest absolute Gasteiger partial charge is 0.369 e. The van der Waals surface area contributed by atoms with Crippen molar-refractivity contribution in [1.29, 1.82) is 0 Å². The first-order chi connectivity index (χ1) is 8.04. The molecule has 0 saturated carbocycles. The van der Waals surface area contributed by atoms with Crippen LogP contribution in [0, 0.1) is 5.92 Å². The highest BCUT2D eigenvalue weighted by Gasteiger charge is 2.29. The number of nitrogens with two attached hydrogens (primary N) is 1. The number of likely N-dealkylation sites (tertiary alicyclic amines) is 1. The molecule has 0 aromatic carbocycles. The summed E-state index contributed by atoms with van der Waals surface area (Å²) in [5.74, 6) is -0.436. The molecule has 1 saturated heterocycles. The summed E-state index contributed by atoms with van der Waals surface area (Å²) in [6.45, 7) is 6.98. The van der Waals surface area contributed by atoms with Crippen molar-refractivity contribution in [3.8, 4) is 0 Å². The van der Waals surface area contributed by atoms with E-state index < -0.39 is 0 Å². The van der Waals surface area contributed by atoms with Crippen LogP contribution in [0.2, 0.25) is 0 Å². The molecule has 1 aliphatic rings. The van der Waals surface area contributed by atoms with E-state index in [1.54, 1.807) is 6.08 Å². The highest BCUT2D eigenvalue weighted by atomic mass is 16.2. The summed E-state index contributed by atoms with van der Waals surface area (Å²) in [6, 6.07) is 0.320. The highest BCUT2D eigenvalue weighted by Crippen LogP contribution is 2.21. The van der Waals surface area contributed by atoms with Crippen LogP contribution >= 0.6 is 0 Å². The normalized spacial score (nSPS) is 25.2. The number of nitrogens with one attached hydrogen (secondary N) is 1. The summed E-state index contributed by atoms with van der Waals surface area (Å²) in [7, 11) is 0. The molecule has 2 unspecified atom stereocenters. The summed E-state index contributed by atoms with van der Waals surface area (Å²) in [6.07, 6.45) is 3.37. The van der Waals surface area contributed by atoms with Crippen molar-refractivity contribution in [2.75, 3.05) is 19.6 Å². The Labute approximate surface area is 102 Å². The van der Waals surface area contributed by atoms with Crippen LogP contribution in [0.15, 0.2) is 12.7 Å². The maximum Gasteiger partial charge on any atom is 0.234 e. The van der Waals surface area contributed by atoms with Gasteiger partial charge < -0.3 is 11.1 Å². The van der Waals surface area contributed by atoms with Gasteiger partial charge in [-0.15, -0.1) is 6.58 Å². The molecule has 2 amide bonds. The van der Waals surface area contributed by atoms with Gasteiger partial charge in [0, 0.05) is 19.1 Å². The van der Waals surface area contributed by atoms with E-state index in [0.717, 1.165) is 12.8 Å². The first kappa shape index (κ1) is 13.7. The van der Waals surface area contributed by atoms with E-state index in [4.69, 9.17) is 5.73 Å². The number of primary amides is 1. The quantitative estimate of drug-likeness (QED) is 0.656. The average Bonchev–Trinajstić information content (AvgIpc) is 2.29. The Kier molecular flexibility index (Phi) is 5.15. The van der Waals surface area contributed by atoms with Gasteiger partial charge in [0.25, 0.3) is 0 Å². The van der Waals surface area contributed by atoms with Gasteiger partial charge >= 0.3 is 0 Å². The molecule has 1 rings (SSSR count). The Bertz CT molecular complexity index is 304. The van der Waals surface area contributed by atoms with Gasteiger partial charge in [-0.3, -0.25) is 14.5 Å². The Hall–Kier alpha value is -1.36. The van der Waals surface area contributed by atoms with Crippen molar-refractivity contribution in [2.45, 2.75) is 25.8 Å². The molecule has 3 N–H and O–H groups in total.